The Balaban J connectivity index is 0.691. The van der Waals surface area contributed by atoms with Gasteiger partial charge in [0.25, 0.3) is 0 Å². The summed E-state index contributed by atoms with van der Waals surface area (Å²) in [6.45, 7) is 13.1. The highest BCUT2D eigenvalue weighted by molar-refractivity contribution is 5.93. The number of anilines is 2. The number of rotatable bonds is 9. The molecule has 4 amide bonds. The first-order chi connectivity index (χ1) is 33.6. The number of hydrogen-bond donors (Lipinski definition) is 6. The number of ether oxygens (including phenoxy) is 1. The Morgan fingerprint density at radius 2 is 1.77 bits per heavy atom. The van der Waals surface area contributed by atoms with Gasteiger partial charge in [-0.3, -0.25) is 9.59 Å². The number of carbonyl (C=O) groups is 3. The molecule has 1 spiro atoms. The first-order valence-electron chi connectivity index (χ1n) is 25.1. The lowest BCUT2D eigenvalue weighted by atomic mass is 9.60. The van der Waals surface area contributed by atoms with Crippen LogP contribution in [-0.4, -0.2) is 117 Å². The molecular formula is C54H67N11O5. The van der Waals surface area contributed by atoms with E-state index in [2.05, 4.69) is 38.3 Å². The lowest BCUT2D eigenvalue weighted by Gasteiger charge is -2.61. The Kier molecular flexibility index (Phi) is 12.4. The van der Waals surface area contributed by atoms with Gasteiger partial charge in [-0.25, -0.2) is 14.8 Å². The SMILES string of the molecule is C#Cc1ccc2c(c1)OCCC2NC(=O)C1CCCN1C(=O)C(NC(=O)N1CC2(CC(N3CCC(c4cnc(N5CCc6[nH]c(N)c(/C=C(\N)c7ccccc7O)c6C5C)nc4)CC3)C2)C1)C(C)(C)C. The number of aromatic nitrogens is 3. The number of nitrogen functional groups attached to an aromatic ring is 1. The quantitative estimate of drug-likeness (QED) is 0.106. The van der Waals surface area contributed by atoms with E-state index in [4.69, 9.17) is 32.6 Å². The molecule has 16 heteroatoms. The summed E-state index contributed by atoms with van der Waals surface area (Å²) in [4.78, 5) is 63.5. The molecule has 70 heavy (non-hydrogen) atoms. The van der Waals surface area contributed by atoms with Crippen molar-refractivity contribution in [1.29, 1.82) is 0 Å². The number of aromatic amines is 1. The summed E-state index contributed by atoms with van der Waals surface area (Å²) in [6.07, 6.45) is 18.3. The zero-order valence-corrected chi connectivity index (χ0v) is 40.8. The second-order valence-corrected chi connectivity index (χ2v) is 21.7. The van der Waals surface area contributed by atoms with Gasteiger partial charge in [-0.2, -0.15) is 0 Å². The third-order valence-corrected chi connectivity index (χ3v) is 16.1. The molecule has 16 nitrogen and oxygen atoms in total. The number of nitrogens with one attached hydrogen (secondary N) is 3. The first kappa shape index (κ1) is 47.0. The average molecular weight is 950 g/mol. The fourth-order valence-electron chi connectivity index (χ4n) is 12.1. The number of terminal acetylenes is 1. The van der Waals surface area contributed by atoms with Gasteiger partial charge in [-0.15, -0.1) is 6.42 Å². The molecule has 4 fully saturated rings. The Labute approximate surface area is 410 Å². The molecule has 2 aromatic carbocycles. The summed E-state index contributed by atoms with van der Waals surface area (Å²) in [6, 6.07) is 11.2. The molecule has 3 saturated heterocycles. The molecule has 6 aliphatic rings. The zero-order chi connectivity index (χ0) is 49.1. The van der Waals surface area contributed by atoms with Crippen molar-refractivity contribution in [2.24, 2.45) is 16.6 Å². The minimum atomic E-state index is -0.784. The molecule has 7 heterocycles. The van der Waals surface area contributed by atoms with Crippen LogP contribution in [0.5, 0.6) is 11.5 Å². The van der Waals surface area contributed by atoms with Crippen LogP contribution in [-0.2, 0) is 16.0 Å². The van der Waals surface area contributed by atoms with Gasteiger partial charge in [0.2, 0.25) is 17.8 Å². The van der Waals surface area contributed by atoms with Gasteiger partial charge in [0.05, 0.1) is 18.7 Å². The Bertz CT molecular complexity index is 2720. The maximum absolute atomic E-state index is 14.3. The smallest absolute Gasteiger partial charge is 0.318 e. The molecule has 0 bridgehead atoms. The first-order valence-corrected chi connectivity index (χ1v) is 25.1. The van der Waals surface area contributed by atoms with Crippen molar-refractivity contribution in [1.82, 2.24) is 40.3 Å². The number of aromatic hydroxyl groups is 1. The largest absolute Gasteiger partial charge is 0.507 e. The molecule has 1 saturated carbocycles. The lowest BCUT2D eigenvalue weighted by Crippen LogP contribution is -2.70. The molecule has 4 aromatic rings. The molecule has 8 N–H and O–H groups in total. The van der Waals surface area contributed by atoms with E-state index < -0.39 is 17.5 Å². The molecule has 4 atom stereocenters. The van der Waals surface area contributed by atoms with Gasteiger partial charge in [-0.05, 0) is 106 Å². The minimum absolute atomic E-state index is 0.0512. The number of likely N-dealkylation sites (tertiary alicyclic amines) is 3. The summed E-state index contributed by atoms with van der Waals surface area (Å²) >= 11 is 0. The second kappa shape index (κ2) is 18.5. The molecule has 0 radical (unpaired) electrons. The monoisotopic (exact) mass is 950 g/mol. The van der Waals surface area contributed by atoms with Crippen LogP contribution in [0.2, 0.25) is 0 Å². The number of phenolic OH excluding ortho intramolecular Hbond substituents is 1. The maximum Gasteiger partial charge on any atom is 0.318 e. The van der Waals surface area contributed by atoms with E-state index in [1.807, 2.05) is 68.4 Å². The Morgan fingerprint density at radius 3 is 2.49 bits per heavy atom. The van der Waals surface area contributed by atoms with Crippen molar-refractivity contribution in [3.05, 3.63) is 93.9 Å². The van der Waals surface area contributed by atoms with Crippen LogP contribution in [0.25, 0.3) is 11.8 Å². The number of urea groups is 1. The van der Waals surface area contributed by atoms with Crippen LogP contribution in [0, 0.1) is 23.2 Å². The number of piperidine rings is 1. The maximum atomic E-state index is 14.3. The van der Waals surface area contributed by atoms with Crippen molar-refractivity contribution in [3.63, 3.8) is 0 Å². The van der Waals surface area contributed by atoms with Gasteiger partial charge in [0.1, 0.15) is 29.4 Å². The van der Waals surface area contributed by atoms with Crippen LogP contribution < -0.4 is 31.7 Å². The van der Waals surface area contributed by atoms with Gasteiger partial charge in [-0.1, -0.05) is 44.9 Å². The second-order valence-electron chi connectivity index (χ2n) is 21.7. The van der Waals surface area contributed by atoms with Crippen LogP contribution in [0.3, 0.4) is 0 Å². The number of phenols is 1. The number of fused-ring (bicyclic) bond motifs is 2. The third kappa shape index (κ3) is 8.88. The van der Waals surface area contributed by atoms with Crippen LogP contribution >= 0.6 is 0 Å². The molecular weight excluding hydrogens is 883 g/mol. The van der Waals surface area contributed by atoms with E-state index >= 15 is 0 Å². The highest BCUT2D eigenvalue weighted by atomic mass is 16.5. The third-order valence-electron chi connectivity index (χ3n) is 16.1. The number of nitrogens with two attached hydrogens (primary N) is 2. The molecule has 368 valence electrons. The van der Waals surface area contributed by atoms with Gasteiger partial charge >= 0.3 is 6.03 Å². The van der Waals surface area contributed by atoms with E-state index in [1.54, 1.807) is 23.1 Å². The van der Waals surface area contributed by atoms with Gasteiger partial charge < -0.3 is 56.5 Å². The van der Waals surface area contributed by atoms with Gasteiger partial charge in [0, 0.05) is 102 Å². The van der Waals surface area contributed by atoms with E-state index in [1.165, 1.54) is 5.56 Å². The predicted octanol–water partition coefficient (Wildman–Crippen LogP) is 6.05. The zero-order valence-electron chi connectivity index (χ0n) is 40.8. The Morgan fingerprint density at radius 1 is 1.03 bits per heavy atom. The summed E-state index contributed by atoms with van der Waals surface area (Å²) in [5.41, 5.74) is 19.2. The van der Waals surface area contributed by atoms with Crippen LogP contribution in [0.15, 0.2) is 54.9 Å². The number of para-hydroxylation sites is 1. The van der Waals surface area contributed by atoms with E-state index in [-0.39, 0.29) is 41.1 Å². The molecule has 10 rings (SSSR count). The Hall–Kier alpha value is -6.73. The molecule has 1 aliphatic carbocycles. The summed E-state index contributed by atoms with van der Waals surface area (Å²) in [5, 5.41) is 16.7. The van der Waals surface area contributed by atoms with Crippen molar-refractivity contribution in [2.45, 2.75) is 115 Å². The van der Waals surface area contributed by atoms with E-state index in [0.29, 0.717) is 86.2 Å². The van der Waals surface area contributed by atoms with Crippen molar-refractivity contribution < 1.29 is 24.2 Å². The molecule has 5 aliphatic heterocycles. The topological polar surface area (TPSA) is 211 Å². The summed E-state index contributed by atoms with van der Waals surface area (Å²) in [7, 11) is 0. The standard InChI is InChI=1S/C54H67N11O5/c1-6-33-13-14-38-41(18-23-70-45(38)24-33)60-49(67)43-11-9-19-65(43)50(68)47(53(3,4)5)61-52(69)63-30-54(31-63)26-36(27-54)62-20-15-34(16-21-62)35-28-57-51(58-29-35)64-22-17-42-46(32(64)2)39(48(56)59-42)25-40(55)37-10-7-8-12-44(37)66/h1,7-8,10,12-14,24-25,28-29,32,34,36,41,43,47,59,66H,9,11,15-23,26-27,30-31,55-56H2,2-5H3,(H,60,67)(H,61,69)/b40-25-. The van der Waals surface area contributed by atoms with Gasteiger partial charge in [0.15, 0.2) is 0 Å². The number of amides is 4. The number of carbonyl (C=O) groups excluding carboxylic acids is 3. The summed E-state index contributed by atoms with van der Waals surface area (Å²) in [5.74, 6) is 4.64. The molecule has 4 unspecified atom stereocenters. The summed E-state index contributed by atoms with van der Waals surface area (Å²) < 4.78 is 5.85. The van der Waals surface area contributed by atoms with Crippen LogP contribution in [0.4, 0.5) is 16.6 Å². The van der Waals surface area contributed by atoms with Crippen LogP contribution in [0.1, 0.15) is 130 Å². The lowest BCUT2D eigenvalue weighted by molar-refractivity contribution is -0.142. The average Bonchev–Trinajstić information content (AvgIpc) is 3.94. The minimum Gasteiger partial charge on any atom is -0.507 e. The predicted molar refractivity (Wildman–Crippen MR) is 269 cm³/mol. The van der Waals surface area contributed by atoms with E-state index in [0.717, 1.165) is 79.7 Å². The van der Waals surface area contributed by atoms with Crippen molar-refractivity contribution in [2.75, 3.05) is 56.5 Å². The fourth-order valence-corrected chi connectivity index (χ4v) is 12.1. The van der Waals surface area contributed by atoms with Crippen molar-refractivity contribution in [3.8, 4) is 23.8 Å². The molecule has 2 aromatic heterocycles. The number of hydrogen-bond acceptors (Lipinski definition) is 11. The number of nitrogens with zero attached hydrogens (tertiary/aromatic N) is 6. The number of H-pyrrole nitrogens is 1. The highest BCUT2D eigenvalue weighted by Gasteiger charge is 2.56. The fraction of sp³-hybridized carbons (Fsp3) is 0.500. The van der Waals surface area contributed by atoms with E-state index in [9.17, 15) is 19.5 Å². The number of benzene rings is 2. The highest BCUT2D eigenvalue weighted by Crippen LogP contribution is 2.51. The normalized spacial score (nSPS) is 23.0. The van der Waals surface area contributed by atoms with Crippen molar-refractivity contribution >= 4 is 41.4 Å².